The van der Waals surface area contributed by atoms with Gasteiger partial charge in [-0.05, 0) is 36.2 Å². The molecule has 1 unspecified atom stereocenters. The number of nitriles is 1. The van der Waals surface area contributed by atoms with Crippen LogP contribution in [-0.4, -0.2) is 13.7 Å². The molecule has 2 heterocycles. The molecular formula is C25H24N2O5. The average molecular weight is 432 g/mol. The van der Waals surface area contributed by atoms with Crippen LogP contribution in [0.4, 0.5) is 0 Å². The van der Waals surface area contributed by atoms with Crippen LogP contribution in [0.25, 0.3) is 11.0 Å². The number of nitrogens with zero attached hydrogens (tertiary/aromatic N) is 1. The summed E-state index contributed by atoms with van der Waals surface area (Å²) in [6.07, 6.45) is 3.13. The highest BCUT2D eigenvalue weighted by atomic mass is 16.5. The molecule has 2 N–H and O–H groups in total. The van der Waals surface area contributed by atoms with Gasteiger partial charge in [-0.2, -0.15) is 5.26 Å². The number of fused-ring (bicyclic) bond motifs is 3. The Morgan fingerprint density at radius 1 is 1.16 bits per heavy atom. The van der Waals surface area contributed by atoms with Crippen LogP contribution in [0.3, 0.4) is 0 Å². The summed E-state index contributed by atoms with van der Waals surface area (Å²) in [5, 5.41) is 10.4. The number of benzene rings is 2. The molecule has 0 radical (unpaired) electrons. The van der Waals surface area contributed by atoms with Gasteiger partial charge < -0.3 is 24.4 Å². The third kappa shape index (κ3) is 3.76. The number of para-hydroxylation sites is 1. The molecule has 0 spiro atoms. The van der Waals surface area contributed by atoms with E-state index in [1.807, 2.05) is 6.07 Å². The van der Waals surface area contributed by atoms with Crippen molar-refractivity contribution < 1.29 is 18.6 Å². The van der Waals surface area contributed by atoms with Crippen molar-refractivity contribution in [1.29, 1.82) is 5.26 Å². The summed E-state index contributed by atoms with van der Waals surface area (Å²) in [4.78, 5) is 13.0. The molecule has 164 valence electrons. The number of nitrogens with two attached hydrogens (primary N) is 1. The van der Waals surface area contributed by atoms with E-state index in [1.165, 1.54) is 0 Å². The highest BCUT2D eigenvalue weighted by Crippen LogP contribution is 2.45. The monoisotopic (exact) mass is 432 g/mol. The molecule has 0 aliphatic carbocycles. The maximum Gasteiger partial charge on any atom is 0.344 e. The number of allylic oxidation sites excluding steroid dienone is 1. The maximum atomic E-state index is 13.0. The average Bonchev–Trinajstić information content (AvgIpc) is 2.81. The van der Waals surface area contributed by atoms with Gasteiger partial charge in [0.15, 0.2) is 17.2 Å². The Balaban J connectivity index is 1.84. The fourth-order valence-electron chi connectivity index (χ4n) is 3.92. The Labute approximate surface area is 185 Å². The fraction of sp³-hybridized carbons (Fsp3) is 0.280. The highest BCUT2D eigenvalue weighted by molar-refractivity contribution is 5.86. The molecule has 1 aliphatic heterocycles. The minimum Gasteiger partial charge on any atom is -0.493 e. The molecule has 1 aromatic heterocycles. The largest absolute Gasteiger partial charge is 0.493 e. The lowest BCUT2D eigenvalue weighted by Crippen LogP contribution is -2.26. The maximum absolute atomic E-state index is 13.0. The molecule has 3 aromatic rings. The van der Waals surface area contributed by atoms with E-state index in [0.29, 0.717) is 40.4 Å². The summed E-state index contributed by atoms with van der Waals surface area (Å²) in [7, 11) is 1.55. The first-order valence-electron chi connectivity index (χ1n) is 10.5. The summed E-state index contributed by atoms with van der Waals surface area (Å²) < 4.78 is 22.7. The molecule has 0 saturated heterocycles. The molecule has 0 bridgehead atoms. The summed E-state index contributed by atoms with van der Waals surface area (Å²) >= 11 is 0. The van der Waals surface area contributed by atoms with Crippen molar-refractivity contribution in [2.45, 2.75) is 32.1 Å². The third-order valence-electron chi connectivity index (χ3n) is 5.50. The lowest BCUT2D eigenvalue weighted by molar-refractivity contribution is 0.286. The van der Waals surface area contributed by atoms with E-state index in [2.05, 4.69) is 13.0 Å². The lowest BCUT2D eigenvalue weighted by atomic mass is 9.83. The van der Waals surface area contributed by atoms with E-state index in [9.17, 15) is 10.1 Å². The van der Waals surface area contributed by atoms with Crippen molar-refractivity contribution in [1.82, 2.24) is 0 Å². The molecule has 2 aromatic carbocycles. The Kier molecular flexibility index (Phi) is 6.04. The molecule has 7 nitrogen and oxygen atoms in total. The zero-order chi connectivity index (χ0) is 22.7. The number of methoxy groups -OCH3 is 1. The van der Waals surface area contributed by atoms with Crippen molar-refractivity contribution in [3.8, 4) is 23.3 Å². The second-order valence-electron chi connectivity index (χ2n) is 7.52. The first-order chi connectivity index (χ1) is 15.6. The van der Waals surface area contributed by atoms with Crippen LogP contribution >= 0.6 is 0 Å². The van der Waals surface area contributed by atoms with Crippen molar-refractivity contribution in [2.24, 2.45) is 5.73 Å². The van der Waals surface area contributed by atoms with E-state index < -0.39 is 11.5 Å². The Morgan fingerprint density at radius 3 is 2.72 bits per heavy atom. The standard InChI is InChI=1S/C25H24N2O5/c1-3-4-7-12-30-19-11-10-15(13-20(19)29-2)21-17(14-26)24(27)32-23-16-8-5-6-9-18(16)31-25(28)22(21)23/h5-6,8-11,13,21H,3-4,7,12,27H2,1-2H3. The molecule has 0 amide bonds. The van der Waals surface area contributed by atoms with Gasteiger partial charge in [0.25, 0.3) is 0 Å². The molecule has 32 heavy (non-hydrogen) atoms. The Bertz CT molecular complexity index is 1290. The molecule has 0 fully saturated rings. The predicted octanol–water partition coefficient (Wildman–Crippen LogP) is 4.59. The van der Waals surface area contributed by atoms with E-state index in [1.54, 1.807) is 43.5 Å². The minimum atomic E-state index is -0.757. The van der Waals surface area contributed by atoms with Crippen LogP contribution < -0.4 is 25.6 Å². The zero-order valence-electron chi connectivity index (χ0n) is 18.0. The Hall–Kier alpha value is -3.92. The van der Waals surface area contributed by atoms with Gasteiger partial charge in [0.05, 0.1) is 30.6 Å². The van der Waals surface area contributed by atoms with E-state index in [0.717, 1.165) is 19.3 Å². The number of hydrogen-bond acceptors (Lipinski definition) is 7. The number of hydrogen-bond donors (Lipinski definition) is 1. The van der Waals surface area contributed by atoms with Crippen LogP contribution in [0.5, 0.6) is 17.2 Å². The van der Waals surface area contributed by atoms with Gasteiger partial charge in [-0.1, -0.05) is 38.0 Å². The first kappa shape index (κ1) is 21.3. The van der Waals surface area contributed by atoms with Gasteiger partial charge in [-0.25, -0.2) is 4.79 Å². The summed E-state index contributed by atoms with van der Waals surface area (Å²) in [6.45, 7) is 2.71. The van der Waals surface area contributed by atoms with Crippen LogP contribution in [0.2, 0.25) is 0 Å². The minimum absolute atomic E-state index is 0.0420. The molecular weight excluding hydrogens is 408 g/mol. The highest BCUT2D eigenvalue weighted by Gasteiger charge is 2.35. The van der Waals surface area contributed by atoms with Gasteiger partial charge in [0, 0.05) is 0 Å². The molecule has 1 atom stereocenters. The quantitative estimate of drug-likeness (QED) is 0.430. The molecule has 1 aliphatic rings. The van der Waals surface area contributed by atoms with Crippen molar-refractivity contribution in [2.75, 3.05) is 13.7 Å². The topological polar surface area (TPSA) is 108 Å². The first-order valence-corrected chi connectivity index (χ1v) is 10.5. The predicted molar refractivity (Wildman–Crippen MR) is 120 cm³/mol. The van der Waals surface area contributed by atoms with Gasteiger partial charge in [-0.3, -0.25) is 0 Å². The van der Waals surface area contributed by atoms with E-state index in [4.69, 9.17) is 24.4 Å². The van der Waals surface area contributed by atoms with Crippen LogP contribution in [0.1, 0.15) is 43.2 Å². The van der Waals surface area contributed by atoms with Gasteiger partial charge in [0.2, 0.25) is 5.88 Å². The number of unbranched alkanes of at least 4 members (excludes halogenated alkanes) is 2. The van der Waals surface area contributed by atoms with Crippen LogP contribution in [0, 0.1) is 11.3 Å². The SMILES string of the molecule is CCCCCOc1ccc(C2C(C#N)=C(N)Oc3c2c(=O)oc2ccccc32)cc1OC. The normalized spacial score (nSPS) is 15.1. The van der Waals surface area contributed by atoms with Gasteiger partial charge >= 0.3 is 5.63 Å². The zero-order valence-corrected chi connectivity index (χ0v) is 18.0. The fourth-order valence-corrected chi connectivity index (χ4v) is 3.92. The molecule has 7 heteroatoms. The van der Waals surface area contributed by atoms with Crippen molar-refractivity contribution >= 4 is 11.0 Å². The lowest BCUT2D eigenvalue weighted by Gasteiger charge is -2.26. The van der Waals surface area contributed by atoms with Crippen molar-refractivity contribution in [3.63, 3.8) is 0 Å². The summed E-state index contributed by atoms with van der Waals surface area (Å²) in [5.41, 5.74) is 6.93. The third-order valence-corrected chi connectivity index (χ3v) is 5.50. The van der Waals surface area contributed by atoms with Gasteiger partial charge in [-0.15, -0.1) is 0 Å². The van der Waals surface area contributed by atoms with E-state index in [-0.39, 0.29) is 17.0 Å². The number of ether oxygens (including phenoxy) is 3. The van der Waals surface area contributed by atoms with Gasteiger partial charge in [0.1, 0.15) is 17.2 Å². The molecule has 0 saturated carbocycles. The van der Waals surface area contributed by atoms with Crippen LogP contribution in [-0.2, 0) is 0 Å². The van der Waals surface area contributed by atoms with Crippen molar-refractivity contribution in [3.05, 3.63) is 75.5 Å². The molecule has 4 rings (SSSR count). The second-order valence-corrected chi connectivity index (χ2v) is 7.52. The van der Waals surface area contributed by atoms with Crippen LogP contribution in [0.15, 0.2) is 63.1 Å². The Morgan fingerprint density at radius 2 is 1.97 bits per heavy atom. The smallest absolute Gasteiger partial charge is 0.344 e. The second kappa shape index (κ2) is 9.06. The number of rotatable bonds is 7. The summed E-state index contributed by atoms with van der Waals surface area (Å²) in [6, 6.07) is 14.5. The van der Waals surface area contributed by atoms with E-state index >= 15 is 0 Å². The summed E-state index contributed by atoms with van der Waals surface area (Å²) in [5.74, 6) is 0.609.